The molecule has 2 amide bonds. The molecule has 34 heavy (non-hydrogen) atoms. The third-order valence-corrected chi connectivity index (χ3v) is 5.59. The minimum absolute atomic E-state index is 0.146. The van der Waals surface area contributed by atoms with Crippen molar-refractivity contribution >= 4 is 40.8 Å². The summed E-state index contributed by atoms with van der Waals surface area (Å²) in [5.74, 6) is -3.34. The molecule has 1 aromatic heterocycles. The van der Waals surface area contributed by atoms with Gasteiger partial charge in [-0.2, -0.15) is 0 Å². The first-order chi connectivity index (χ1) is 16.3. The zero-order valence-electron chi connectivity index (χ0n) is 17.9. The number of hydrogen-bond donors (Lipinski definition) is 3. The number of anilines is 2. The maximum Gasteiger partial charge on any atom is 0.259 e. The Balaban J connectivity index is 1.52. The van der Waals surface area contributed by atoms with Gasteiger partial charge in [0.15, 0.2) is 11.6 Å². The minimum Gasteiger partial charge on any atom is -0.357 e. The Labute approximate surface area is 199 Å². The standard InChI is InChI=1S/C24H20ClF2N5O2/c25-16-7-8-21(29-13-16)31-24(34)17-11-18(26)19(27)12-20(17)30-23(33)15-5-3-14(4-6-15)22(28)32-9-1-2-10-32/h3-8,11-13,28H,1-2,9-10H2,(H,30,33)(H,29,31,34). The first-order valence-electron chi connectivity index (χ1n) is 10.5. The molecule has 0 radical (unpaired) electrons. The van der Waals surface area contributed by atoms with Crippen molar-refractivity contribution in [2.75, 3.05) is 23.7 Å². The Kier molecular flexibility index (Phi) is 6.83. The van der Waals surface area contributed by atoms with E-state index in [4.69, 9.17) is 17.0 Å². The van der Waals surface area contributed by atoms with E-state index in [1.165, 1.54) is 30.5 Å². The average molecular weight is 484 g/mol. The van der Waals surface area contributed by atoms with Crippen molar-refractivity contribution in [2.24, 2.45) is 0 Å². The van der Waals surface area contributed by atoms with E-state index < -0.39 is 23.4 Å². The molecule has 2 heterocycles. The first-order valence-corrected chi connectivity index (χ1v) is 10.9. The van der Waals surface area contributed by atoms with Crippen molar-refractivity contribution in [1.82, 2.24) is 9.88 Å². The highest BCUT2D eigenvalue weighted by molar-refractivity contribution is 6.30. The lowest BCUT2D eigenvalue weighted by Crippen LogP contribution is -2.27. The highest BCUT2D eigenvalue weighted by Crippen LogP contribution is 2.23. The zero-order valence-corrected chi connectivity index (χ0v) is 18.6. The molecule has 1 aliphatic heterocycles. The third kappa shape index (κ3) is 5.20. The van der Waals surface area contributed by atoms with Gasteiger partial charge in [0, 0.05) is 36.5 Å². The molecule has 1 saturated heterocycles. The predicted octanol–water partition coefficient (Wildman–Crippen LogP) is 4.94. The van der Waals surface area contributed by atoms with Gasteiger partial charge < -0.3 is 15.5 Å². The van der Waals surface area contributed by atoms with E-state index in [1.807, 2.05) is 4.90 Å². The van der Waals surface area contributed by atoms with Crippen LogP contribution >= 0.6 is 11.6 Å². The van der Waals surface area contributed by atoms with Crippen molar-refractivity contribution in [3.8, 4) is 0 Å². The topological polar surface area (TPSA) is 98.2 Å². The molecule has 2 aromatic carbocycles. The molecule has 10 heteroatoms. The zero-order chi connectivity index (χ0) is 24.2. The lowest BCUT2D eigenvalue weighted by molar-refractivity contribution is 0.102. The van der Waals surface area contributed by atoms with E-state index in [1.54, 1.807) is 12.1 Å². The lowest BCUT2D eigenvalue weighted by Gasteiger charge is -2.18. The van der Waals surface area contributed by atoms with Gasteiger partial charge in [-0.15, -0.1) is 0 Å². The van der Waals surface area contributed by atoms with E-state index in [9.17, 15) is 18.4 Å². The molecule has 3 aromatic rings. The van der Waals surface area contributed by atoms with Crippen LogP contribution in [0.5, 0.6) is 0 Å². The van der Waals surface area contributed by atoms with Gasteiger partial charge in [0.25, 0.3) is 11.8 Å². The summed E-state index contributed by atoms with van der Waals surface area (Å²) >= 11 is 5.78. The summed E-state index contributed by atoms with van der Waals surface area (Å²) in [4.78, 5) is 31.4. The number of carbonyl (C=O) groups excluding carboxylic acids is 2. The number of amides is 2. The van der Waals surface area contributed by atoms with Crippen molar-refractivity contribution in [2.45, 2.75) is 12.8 Å². The number of aromatic nitrogens is 1. The monoisotopic (exact) mass is 483 g/mol. The Hall–Kier alpha value is -3.85. The van der Waals surface area contributed by atoms with Crippen LogP contribution in [-0.2, 0) is 0 Å². The minimum atomic E-state index is -1.24. The number of nitrogens with one attached hydrogen (secondary N) is 3. The molecule has 0 spiro atoms. The summed E-state index contributed by atoms with van der Waals surface area (Å²) in [6.07, 6.45) is 3.40. The van der Waals surface area contributed by atoms with Gasteiger partial charge in [-0.05, 0) is 43.2 Å². The summed E-state index contributed by atoms with van der Waals surface area (Å²) < 4.78 is 27.8. The van der Waals surface area contributed by atoms with Crippen LogP contribution in [0.3, 0.4) is 0 Å². The van der Waals surface area contributed by atoms with E-state index in [0.717, 1.165) is 32.0 Å². The van der Waals surface area contributed by atoms with E-state index in [0.29, 0.717) is 22.5 Å². The van der Waals surface area contributed by atoms with Crippen LogP contribution < -0.4 is 10.6 Å². The summed E-state index contributed by atoms with van der Waals surface area (Å²) in [6.45, 7) is 1.65. The van der Waals surface area contributed by atoms with Gasteiger partial charge in [-0.1, -0.05) is 23.7 Å². The van der Waals surface area contributed by atoms with Gasteiger partial charge in [0.05, 0.1) is 16.3 Å². The molecule has 7 nitrogen and oxygen atoms in total. The number of carbonyl (C=O) groups is 2. The fraction of sp³-hybridized carbons (Fsp3) is 0.167. The van der Waals surface area contributed by atoms with Crippen molar-refractivity contribution < 1.29 is 18.4 Å². The molecule has 0 atom stereocenters. The molecule has 0 unspecified atom stereocenters. The first kappa shape index (κ1) is 23.3. The third-order valence-electron chi connectivity index (χ3n) is 5.37. The number of hydrogen-bond acceptors (Lipinski definition) is 4. The highest BCUT2D eigenvalue weighted by Gasteiger charge is 2.20. The van der Waals surface area contributed by atoms with E-state index >= 15 is 0 Å². The number of rotatable bonds is 5. The molecule has 0 bridgehead atoms. The normalized spacial score (nSPS) is 13.0. The van der Waals surface area contributed by atoms with Crippen molar-refractivity contribution in [1.29, 1.82) is 5.41 Å². The van der Waals surface area contributed by atoms with Gasteiger partial charge in [-0.3, -0.25) is 15.0 Å². The molecule has 4 rings (SSSR count). The quantitative estimate of drug-likeness (QED) is 0.353. The highest BCUT2D eigenvalue weighted by atomic mass is 35.5. The van der Waals surface area contributed by atoms with Crippen LogP contribution in [-0.4, -0.2) is 40.6 Å². The van der Waals surface area contributed by atoms with Gasteiger partial charge in [0.2, 0.25) is 0 Å². The lowest BCUT2D eigenvalue weighted by atomic mass is 10.1. The second-order valence-corrected chi connectivity index (χ2v) is 8.14. The van der Waals surface area contributed by atoms with Gasteiger partial charge >= 0.3 is 0 Å². The average Bonchev–Trinajstić information content (AvgIpc) is 3.37. The van der Waals surface area contributed by atoms with E-state index in [-0.39, 0.29) is 22.6 Å². The van der Waals surface area contributed by atoms with Gasteiger partial charge in [-0.25, -0.2) is 13.8 Å². The second kappa shape index (κ2) is 9.96. The summed E-state index contributed by atoms with van der Waals surface area (Å²) in [5.41, 5.74) is 0.413. The Bertz CT molecular complexity index is 1240. The Morgan fingerprint density at radius 2 is 1.56 bits per heavy atom. The van der Waals surface area contributed by atoms with Crippen LogP contribution in [0.1, 0.15) is 39.1 Å². The largest absolute Gasteiger partial charge is 0.357 e. The van der Waals surface area contributed by atoms with E-state index in [2.05, 4.69) is 15.6 Å². The Morgan fingerprint density at radius 1 is 0.912 bits per heavy atom. The number of amidine groups is 1. The number of halogens is 3. The molecule has 1 fully saturated rings. The molecule has 174 valence electrons. The smallest absolute Gasteiger partial charge is 0.259 e. The summed E-state index contributed by atoms with van der Waals surface area (Å²) in [6, 6.07) is 10.8. The molecule has 0 aliphatic carbocycles. The Morgan fingerprint density at radius 3 is 2.21 bits per heavy atom. The van der Waals surface area contributed by atoms with Crippen molar-refractivity contribution in [3.05, 3.63) is 88.1 Å². The fourth-order valence-corrected chi connectivity index (χ4v) is 3.68. The molecule has 3 N–H and O–H groups in total. The van der Waals surface area contributed by atoms with Crippen LogP contribution in [0.25, 0.3) is 0 Å². The maximum absolute atomic E-state index is 13.9. The number of pyridine rings is 1. The van der Waals surface area contributed by atoms with Crippen LogP contribution in [0.4, 0.5) is 20.3 Å². The van der Waals surface area contributed by atoms with Crippen molar-refractivity contribution in [3.63, 3.8) is 0 Å². The van der Waals surface area contributed by atoms with Gasteiger partial charge in [0.1, 0.15) is 11.7 Å². The summed E-state index contributed by atoms with van der Waals surface area (Å²) in [5, 5.41) is 13.6. The molecule has 1 aliphatic rings. The predicted molar refractivity (Wildman–Crippen MR) is 126 cm³/mol. The SMILES string of the molecule is N=C(c1ccc(C(=O)Nc2cc(F)c(F)cc2C(=O)Nc2ccc(Cl)cn2)cc1)N1CCCC1. The number of benzene rings is 2. The van der Waals surface area contributed by atoms with Crippen LogP contribution in [0.2, 0.25) is 5.02 Å². The maximum atomic E-state index is 13.9. The second-order valence-electron chi connectivity index (χ2n) is 7.70. The summed E-state index contributed by atoms with van der Waals surface area (Å²) in [7, 11) is 0. The fourth-order valence-electron chi connectivity index (χ4n) is 3.57. The number of nitrogens with zero attached hydrogens (tertiary/aromatic N) is 2. The number of likely N-dealkylation sites (tertiary alicyclic amines) is 1. The molecule has 0 saturated carbocycles. The van der Waals surface area contributed by atoms with Crippen LogP contribution in [0.15, 0.2) is 54.7 Å². The molecular formula is C24H20ClF2N5O2. The van der Waals surface area contributed by atoms with Crippen LogP contribution in [0, 0.1) is 17.0 Å². The molecular weight excluding hydrogens is 464 g/mol.